The third-order valence-electron chi connectivity index (χ3n) is 4.38. The fourth-order valence-corrected chi connectivity index (χ4v) is 2.74. The number of hydrogen-bond acceptors (Lipinski definition) is 4. The van der Waals surface area contributed by atoms with Crippen molar-refractivity contribution in [2.24, 2.45) is 0 Å². The van der Waals surface area contributed by atoms with Gasteiger partial charge in [-0.3, -0.25) is 14.9 Å². The van der Waals surface area contributed by atoms with Crippen LogP contribution in [0.25, 0.3) is 0 Å². The monoisotopic (exact) mass is 378 g/mol. The predicted octanol–water partition coefficient (Wildman–Crippen LogP) is 5.68. The molecule has 1 aromatic carbocycles. The fraction of sp³-hybridized carbons (Fsp3) is 0.619. The number of carbonyl (C=O) groups is 2. The van der Waals surface area contributed by atoms with Crippen LogP contribution in [-0.2, 0) is 14.4 Å². The Labute approximate surface area is 163 Å². The van der Waals surface area contributed by atoms with E-state index in [4.69, 9.17) is 4.84 Å². The number of hydrogen-bond donors (Lipinski definition) is 1. The van der Waals surface area contributed by atoms with Crippen LogP contribution in [0.15, 0.2) is 24.3 Å². The van der Waals surface area contributed by atoms with Crippen molar-refractivity contribution in [1.82, 2.24) is 0 Å². The maximum atomic E-state index is 12.5. The predicted molar refractivity (Wildman–Crippen MR) is 109 cm³/mol. The number of ether oxygens (including phenoxy) is 1. The molecule has 1 aromatic rings. The molecule has 0 aliphatic heterocycles. The van der Waals surface area contributed by atoms with Gasteiger partial charge < -0.3 is 4.74 Å². The highest BCUT2D eigenvalue weighted by Gasteiger charge is 2.20. The minimum atomic E-state index is -0.556. The van der Waals surface area contributed by atoms with E-state index in [0.717, 1.165) is 19.3 Å². The number of nitrogens with zero attached hydrogens (tertiary/aromatic N) is 1. The molecule has 1 atom stereocenters. The molecule has 27 heavy (non-hydrogen) atoms. The number of rotatable bonds is 12. The zero-order chi connectivity index (χ0) is 20.1. The first-order valence-electron chi connectivity index (χ1n) is 10.00. The highest BCUT2D eigenvalue weighted by Crippen LogP contribution is 2.24. The van der Waals surface area contributed by atoms with E-state index in [-0.39, 0.29) is 12.0 Å². The average Bonchev–Trinajstić information content (AvgIpc) is 2.69. The zero-order valence-electron chi connectivity index (χ0n) is 17.1. The Balaban J connectivity index is 2.81. The maximum absolute atomic E-state index is 12.5. The molecular formula is C21H34N2O4. The van der Waals surface area contributed by atoms with Crippen molar-refractivity contribution in [3.05, 3.63) is 24.3 Å². The van der Waals surface area contributed by atoms with Crippen LogP contribution >= 0.6 is 0 Å². The van der Waals surface area contributed by atoms with Gasteiger partial charge in [0.15, 0.2) is 0 Å². The van der Waals surface area contributed by atoms with Gasteiger partial charge in [-0.25, -0.2) is 4.79 Å². The number of hydroxylamine groups is 1. The van der Waals surface area contributed by atoms with Crippen LogP contribution in [0, 0.1) is 0 Å². The van der Waals surface area contributed by atoms with E-state index >= 15 is 0 Å². The molecule has 0 aliphatic carbocycles. The highest BCUT2D eigenvalue weighted by atomic mass is 16.7. The standard InChI is InChI=1S/C21H34N2O4/c1-5-8-9-10-11-15-19(6-2)27-23(20(24)7-3)18-14-12-13-17(16-18)22-21(25)26-4/h12-14,16,19H,5-11,15H2,1-4H3,(H,22,25). The molecule has 0 fully saturated rings. The van der Waals surface area contributed by atoms with E-state index in [0.29, 0.717) is 17.8 Å². The summed E-state index contributed by atoms with van der Waals surface area (Å²) in [5.41, 5.74) is 1.14. The van der Waals surface area contributed by atoms with Crippen molar-refractivity contribution in [2.75, 3.05) is 17.5 Å². The van der Waals surface area contributed by atoms with Gasteiger partial charge in [-0.05, 0) is 31.0 Å². The largest absolute Gasteiger partial charge is 0.453 e. The molecule has 0 heterocycles. The second-order valence-electron chi connectivity index (χ2n) is 6.55. The molecule has 0 saturated carbocycles. The minimum absolute atomic E-state index is 0.0145. The molecule has 2 amide bonds. The summed E-state index contributed by atoms with van der Waals surface area (Å²) >= 11 is 0. The molecule has 0 radical (unpaired) electrons. The van der Waals surface area contributed by atoms with Crippen LogP contribution in [0.3, 0.4) is 0 Å². The third kappa shape index (κ3) is 8.43. The molecule has 152 valence electrons. The number of carbonyl (C=O) groups excluding carboxylic acids is 2. The van der Waals surface area contributed by atoms with Crippen LogP contribution in [0.2, 0.25) is 0 Å². The molecule has 0 aliphatic rings. The van der Waals surface area contributed by atoms with Crippen molar-refractivity contribution in [3.8, 4) is 0 Å². The number of amides is 2. The maximum Gasteiger partial charge on any atom is 0.411 e. The second-order valence-corrected chi connectivity index (χ2v) is 6.55. The fourth-order valence-electron chi connectivity index (χ4n) is 2.74. The first-order valence-corrected chi connectivity index (χ1v) is 10.00. The Morgan fingerprint density at radius 3 is 2.48 bits per heavy atom. The molecule has 1 unspecified atom stereocenters. The van der Waals surface area contributed by atoms with Gasteiger partial charge in [0.1, 0.15) is 0 Å². The summed E-state index contributed by atoms with van der Waals surface area (Å²) in [5, 5.41) is 3.97. The first kappa shape index (κ1) is 23.0. The number of nitrogens with one attached hydrogen (secondary N) is 1. The topological polar surface area (TPSA) is 67.9 Å². The van der Waals surface area contributed by atoms with Gasteiger partial charge in [0, 0.05) is 12.1 Å². The summed E-state index contributed by atoms with van der Waals surface area (Å²) < 4.78 is 4.62. The highest BCUT2D eigenvalue weighted by molar-refractivity contribution is 5.92. The lowest BCUT2D eigenvalue weighted by atomic mass is 10.1. The molecule has 1 rings (SSSR count). The van der Waals surface area contributed by atoms with Gasteiger partial charge in [-0.15, -0.1) is 0 Å². The van der Waals surface area contributed by atoms with Gasteiger partial charge in [-0.1, -0.05) is 58.9 Å². The minimum Gasteiger partial charge on any atom is -0.453 e. The molecule has 1 N–H and O–H groups in total. The summed E-state index contributed by atoms with van der Waals surface area (Å²) in [7, 11) is 1.31. The molecule has 0 saturated heterocycles. The van der Waals surface area contributed by atoms with Gasteiger partial charge >= 0.3 is 6.09 Å². The van der Waals surface area contributed by atoms with Crippen LogP contribution in [0.5, 0.6) is 0 Å². The summed E-state index contributed by atoms with van der Waals surface area (Å²) in [6.45, 7) is 6.08. The van der Waals surface area contributed by atoms with E-state index in [9.17, 15) is 9.59 Å². The smallest absolute Gasteiger partial charge is 0.411 e. The molecular weight excluding hydrogens is 344 g/mol. The summed E-state index contributed by atoms with van der Waals surface area (Å²) in [4.78, 5) is 30.0. The molecule has 6 nitrogen and oxygen atoms in total. The van der Waals surface area contributed by atoms with Crippen molar-refractivity contribution < 1.29 is 19.2 Å². The van der Waals surface area contributed by atoms with Crippen molar-refractivity contribution in [2.45, 2.75) is 78.2 Å². The zero-order valence-corrected chi connectivity index (χ0v) is 17.1. The van der Waals surface area contributed by atoms with Crippen molar-refractivity contribution in [1.29, 1.82) is 0 Å². The molecule has 0 bridgehead atoms. The van der Waals surface area contributed by atoms with Crippen LogP contribution in [-0.4, -0.2) is 25.2 Å². The molecule has 0 aromatic heterocycles. The van der Waals surface area contributed by atoms with Crippen molar-refractivity contribution >= 4 is 23.4 Å². The second kappa shape index (κ2) is 13.1. The Kier molecular flexibility index (Phi) is 11.2. The lowest BCUT2D eigenvalue weighted by molar-refractivity contribution is -0.128. The summed E-state index contributed by atoms with van der Waals surface area (Å²) in [6, 6.07) is 7.01. The van der Waals surface area contributed by atoms with E-state index in [1.165, 1.54) is 37.9 Å². The van der Waals surface area contributed by atoms with Crippen LogP contribution in [0.4, 0.5) is 16.2 Å². The summed E-state index contributed by atoms with van der Waals surface area (Å²) in [5.74, 6) is -0.116. The Bertz CT molecular complexity index is 577. The molecule has 6 heteroatoms. The van der Waals surface area contributed by atoms with Gasteiger partial charge in [0.25, 0.3) is 5.91 Å². The van der Waals surface area contributed by atoms with E-state index in [1.54, 1.807) is 31.2 Å². The average molecular weight is 379 g/mol. The number of anilines is 2. The first-order chi connectivity index (χ1) is 13.0. The van der Waals surface area contributed by atoms with Gasteiger partial charge in [0.05, 0.1) is 18.9 Å². The van der Waals surface area contributed by atoms with Crippen molar-refractivity contribution in [3.63, 3.8) is 0 Å². The Hall–Kier alpha value is -2.08. The van der Waals surface area contributed by atoms with E-state index in [1.807, 2.05) is 0 Å². The van der Waals surface area contributed by atoms with Crippen LogP contribution < -0.4 is 10.4 Å². The number of unbranched alkanes of at least 4 members (excludes halogenated alkanes) is 4. The third-order valence-corrected chi connectivity index (χ3v) is 4.38. The number of benzene rings is 1. The normalized spacial score (nSPS) is 11.7. The lowest BCUT2D eigenvalue weighted by Gasteiger charge is -2.27. The summed E-state index contributed by atoms with van der Waals surface area (Å²) in [6.07, 6.45) is 7.53. The van der Waals surface area contributed by atoms with Gasteiger partial charge in [-0.2, -0.15) is 5.06 Å². The lowest BCUT2D eigenvalue weighted by Crippen LogP contribution is -2.35. The number of methoxy groups -OCH3 is 1. The van der Waals surface area contributed by atoms with E-state index < -0.39 is 6.09 Å². The Morgan fingerprint density at radius 1 is 1.11 bits per heavy atom. The van der Waals surface area contributed by atoms with E-state index in [2.05, 4.69) is 23.9 Å². The van der Waals surface area contributed by atoms with Gasteiger partial charge in [0.2, 0.25) is 0 Å². The quantitative estimate of drug-likeness (QED) is 0.375. The van der Waals surface area contributed by atoms with Crippen LogP contribution in [0.1, 0.15) is 72.1 Å². The Morgan fingerprint density at radius 2 is 1.85 bits per heavy atom. The SMILES string of the molecule is CCCCCCCC(CC)ON(C(=O)CC)c1cccc(NC(=O)OC)c1. The molecule has 0 spiro atoms.